The van der Waals surface area contributed by atoms with Crippen molar-refractivity contribution in [1.29, 1.82) is 0 Å². The summed E-state index contributed by atoms with van der Waals surface area (Å²) in [5, 5.41) is 0.943. The zero-order valence-electron chi connectivity index (χ0n) is 9.32. The van der Waals surface area contributed by atoms with Crippen LogP contribution in [0.3, 0.4) is 0 Å². The average molecular weight is 238 g/mol. The molecule has 0 aliphatic heterocycles. The fourth-order valence-corrected chi connectivity index (χ4v) is 2.53. The van der Waals surface area contributed by atoms with Gasteiger partial charge in [-0.2, -0.15) is 0 Å². The van der Waals surface area contributed by atoms with Crippen LogP contribution in [0.25, 0.3) is 10.6 Å². The van der Waals surface area contributed by atoms with Gasteiger partial charge in [-0.25, -0.2) is 4.98 Å². The van der Waals surface area contributed by atoms with Gasteiger partial charge in [0.25, 0.3) is 0 Å². The maximum Gasteiger partial charge on any atom is 0.127 e. The van der Waals surface area contributed by atoms with Crippen LogP contribution < -0.4 is 5.73 Å². The van der Waals surface area contributed by atoms with E-state index in [1.165, 1.54) is 0 Å². The Labute approximate surface area is 98.1 Å². The third-order valence-corrected chi connectivity index (χ3v) is 3.49. The summed E-state index contributed by atoms with van der Waals surface area (Å²) < 4.78 is 10.4. The number of thiazole rings is 1. The molecule has 0 bridgehead atoms. The first-order chi connectivity index (χ1) is 7.76. The number of aryl methyl sites for hydroxylation is 1. The van der Waals surface area contributed by atoms with E-state index >= 15 is 0 Å². The molecule has 2 heterocycles. The molecule has 16 heavy (non-hydrogen) atoms. The molecule has 5 heteroatoms. The van der Waals surface area contributed by atoms with Gasteiger partial charge in [-0.3, -0.25) is 0 Å². The normalized spacial score (nSPS) is 10.9. The Balaban J connectivity index is 2.39. The van der Waals surface area contributed by atoms with Gasteiger partial charge < -0.3 is 14.9 Å². The molecule has 0 aliphatic rings. The van der Waals surface area contributed by atoms with E-state index < -0.39 is 0 Å². The Morgan fingerprint density at radius 2 is 2.38 bits per heavy atom. The van der Waals surface area contributed by atoms with Crippen LogP contribution >= 0.6 is 11.3 Å². The molecule has 2 N–H and O–H groups in total. The van der Waals surface area contributed by atoms with Gasteiger partial charge in [0.1, 0.15) is 10.8 Å². The second-order valence-corrected chi connectivity index (χ2v) is 4.50. The highest BCUT2D eigenvalue weighted by atomic mass is 32.1. The summed E-state index contributed by atoms with van der Waals surface area (Å²) in [6.07, 6.45) is 1.67. The molecule has 2 aromatic heterocycles. The topological polar surface area (TPSA) is 61.3 Å². The first kappa shape index (κ1) is 11.3. The van der Waals surface area contributed by atoms with Crippen molar-refractivity contribution in [2.45, 2.75) is 20.1 Å². The zero-order valence-corrected chi connectivity index (χ0v) is 10.1. The van der Waals surface area contributed by atoms with Crippen LogP contribution in [0.1, 0.15) is 16.3 Å². The molecule has 4 nitrogen and oxygen atoms in total. The van der Waals surface area contributed by atoms with E-state index in [0.29, 0.717) is 13.2 Å². The van der Waals surface area contributed by atoms with Crippen LogP contribution in [0.2, 0.25) is 0 Å². The SMILES string of the molecule is COCc1nc(-c2ccoc2C)sc1CN. The molecule has 0 aliphatic carbocycles. The number of hydrogen-bond donors (Lipinski definition) is 1. The highest BCUT2D eigenvalue weighted by molar-refractivity contribution is 7.15. The lowest BCUT2D eigenvalue weighted by atomic mass is 10.3. The second kappa shape index (κ2) is 4.78. The Hall–Kier alpha value is -1.17. The molecule has 0 radical (unpaired) electrons. The van der Waals surface area contributed by atoms with Gasteiger partial charge in [-0.15, -0.1) is 11.3 Å². The summed E-state index contributed by atoms with van der Waals surface area (Å²) in [5.74, 6) is 0.876. The molecule has 0 amide bonds. The Bertz CT molecular complexity index is 476. The van der Waals surface area contributed by atoms with E-state index in [0.717, 1.165) is 26.9 Å². The third-order valence-electron chi connectivity index (χ3n) is 2.33. The van der Waals surface area contributed by atoms with E-state index in [1.54, 1.807) is 24.7 Å². The van der Waals surface area contributed by atoms with Crippen LogP contribution in [0.5, 0.6) is 0 Å². The van der Waals surface area contributed by atoms with Crippen molar-refractivity contribution in [1.82, 2.24) is 4.98 Å². The molecule has 86 valence electrons. The smallest absolute Gasteiger partial charge is 0.127 e. The quantitative estimate of drug-likeness (QED) is 0.888. The lowest BCUT2D eigenvalue weighted by Crippen LogP contribution is -1.99. The molecule has 0 fully saturated rings. The predicted molar refractivity (Wildman–Crippen MR) is 63.2 cm³/mol. The first-order valence-electron chi connectivity index (χ1n) is 4.98. The van der Waals surface area contributed by atoms with Crippen LogP contribution in [0.15, 0.2) is 16.7 Å². The lowest BCUT2D eigenvalue weighted by Gasteiger charge is -1.95. The minimum atomic E-state index is 0.493. The minimum absolute atomic E-state index is 0.493. The summed E-state index contributed by atoms with van der Waals surface area (Å²) in [6.45, 7) is 2.92. The molecule has 0 spiro atoms. The zero-order chi connectivity index (χ0) is 11.5. The van der Waals surface area contributed by atoms with Gasteiger partial charge >= 0.3 is 0 Å². The van der Waals surface area contributed by atoms with Gasteiger partial charge in [0.05, 0.1) is 24.1 Å². The number of rotatable bonds is 4. The summed E-state index contributed by atoms with van der Waals surface area (Å²) >= 11 is 1.60. The summed E-state index contributed by atoms with van der Waals surface area (Å²) in [7, 11) is 1.66. The molecule has 0 saturated carbocycles. The van der Waals surface area contributed by atoms with Crippen LogP contribution in [0.4, 0.5) is 0 Å². The largest absolute Gasteiger partial charge is 0.469 e. The van der Waals surface area contributed by atoms with Crippen LogP contribution in [-0.4, -0.2) is 12.1 Å². The van der Waals surface area contributed by atoms with Crippen molar-refractivity contribution in [2.24, 2.45) is 5.73 Å². The van der Waals surface area contributed by atoms with E-state index in [-0.39, 0.29) is 0 Å². The number of methoxy groups -OCH3 is 1. The molecule has 0 unspecified atom stereocenters. The average Bonchev–Trinajstić information content (AvgIpc) is 2.85. The number of nitrogens with two attached hydrogens (primary N) is 1. The van der Waals surface area contributed by atoms with Gasteiger partial charge in [0.15, 0.2) is 0 Å². The standard InChI is InChI=1S/C11H14N2O2S/c1-7-8(3-4-15-7)11-13-9(6-14-2)10(5-12)16-11/h3-4H,5-6,12H2,1-2H3. The van der Waals surface area contributed by atoms with Gasteiger partial charge in [-0.1, -0.05) is 0 Å². The van der Waals surface area contributed by atoms with E-state index in [9.17, 15) is 0 Å². The summed E-state index contributed by atoms with van der Waals surface area (Å²) in [4.78, 5) is 5.59. The molecule has 0 atom stereocenters. The highest BCUT2D eigenvalue weighted by Crippen LogP contribution is 2.30. The Morgan fingerprint density at radius 3 is 2.94 bits per heavy atom. The fraction of sp³-hybridized carbons (Fsp3) is 0.364. The third kappa shape index (κ3) is 2.02. The molecular weight excluding hydrogens is 224 g/mol. The summed E-state index contributed by atoms with van der Waals surface area (Å²) in [5.41, 5.74) is 7.63. The van der Waals surface area contributed by atoms with E-state index in [2.05, 4.69) is 4.98 Å². The van der Waals surface area contributed by atoms with E-state index in [4.69, 9.17) is 14.9 Å². The lowest BCUT2D eigenvalue weighted by molar-refractivity contribution is 0.181. The maximum absolute atomic E-state index is 5.68. The monoisotopic (exact) mass is 238 g/mol. The van der Waals surface area contributed by atoms with E-state index in [1.807, 2.05) is 13.0 Å². The van der Waals surface area contributed by atoms with Crippen molar-refractivity contribution in [3.8, 4) is 10.6 Å². The molecule has 2 aromatic rings. The predicted octanol–water partition coefficient (Wildman–Crippen LogP) is 2.32. The fourth-order valence-electron chi connectivity index (χ4n) is 1.51. The number of aromatic nitrogens is 1. The maximum atomic E-state index is 5.68. The number of ether oxygens (including phenoxy) is 1. The minimum Gasteiger partial charge on any atom is -0.469 e. The number of nitrogens with zero attached hydrogens (tertiary/aromatic N) is 1. The van der Waals surface area contributed by atoms with Crippen LogP contribution in [0, 0.1) is 6.92 Å². The van der Waals surface area contributed by atoms with Crippen molar-refractivity contribution >= 4 is 11.3 Å². The first-order valence-corrected chi connectivity index (χ1v) is 5.80. The van der Waals surface area contributed by atoms with Gasteiger partial charge in [0.2, 0.25) is 0 Å². The van der Waals surface area contributed by atoms with Gasteiger partial charge in [0, 0.05) is 18.5 Å². The molecule has 0 aromatic carbocycles. The highest BCUT2D eigenvalue weighted by Gasteiger charge is 2.14. The van der Waals surface area contributed by atoms with Crippen molar-refractivity contribution in [3.63, 3.8) is 0 Å². The van der Waals surface area contributed by atoms with Crippen LogP contribution in [-0.2, 0) is 17.9 Å². The second-order valence-electron chi connectivity index (χ2n) is 3.42. The Morgan fingerprint density at radius 1 is 1.56 bits per heavy atom. The van der Waals surface area contributed by atoms with Crippen molar-refractivity contribution in [2.75, 3.05) is 7.11 Å². The van der Waals surface area contributed by atoms with Crippen molar-refractivity contribution < 1.29 is 9.15 Å². The number of hydrogen-bond acceptors (Lipinski definition) is 5. The molecule has 2 rings (SSSR count). The Kier molecular flexibility index (Phi) is 3.38. The molecular formula is C11H14N2O2S. The van der Waals surface area contributed by atoms with Gasteiger partial charge in [-0.05, 0) is 13.0 Å². The summed E-state index contributed by atoms with van der Waals surface area (Å²) in [6, 6.07) is 1.92. The molecule has 0 saturated heterocycles. The van der Waals surface area contributed by atoms with Crippen molar-refractivity contribution in [3.05, 3.63) is 28.7 Å². The number of furan rings is 1.